The lowest BCUT2D eigenvalue weighted by atomic mass is 9.98. The Balaban J connectivity index is 2.36. The molecule has 2 nitrogen and oxygen atoms in total. The molecule has 1 saturated heterocycles. The number of hydrogen-bond acceptors (Lipinski definition) is 2. The second kappa shape index (κ2) is 5.46. The largest absolute Gasteiger partial charge is 0.408 e. The van der Waals surface area contributed by atoms with Gasteiger partial charge in [0.25, 0.3) is 0 Å². The number of hydrogen-bond donors (Lipinski definition) is 1. The Labute approximate surface area is 109 Å². The second-order valence-electron chi connectivity index (χ2n) is 4.73. The summed E-state index contributed by atoms with van der Waals surface area (Å²) in [4.78, 5) is 1.40. The van der Waals surface area contributed by atoms with Crippen LogP contribution in [0.25, 0.3) is 0 Å². The maximum Gasteiger partial charge on any atom is 0.408 e. The molecule has 1 heterocycles. The van der Waals surface area contributed by atoms with Crippen LogP contribution in [0.5, 0.6) is 0 Å². The van der Waals surface area contributed by atoms with Crippen LogP contribution in [-0.4, -0.2) is 37.3 Å². The molecule has 2 rings (SSSR count). The van der Waals surface area contributed by atoms with Crippen molar-refractivity contribution in [1.29, 1.82) is 0 Å². The summed E-state index contributed by atoms with van der Waals surface area (Å²) in [5.74, 6) is -0.512. The molecule has 1 aliphatic heterocycles. The van der Waals surface area contributed by atoms with Gasteiger partial charge in [0.05, 0.1) is 0 Å². The third kappa shape index (κ3) is 3.25. The first kappa shape index (κ1) is 14.3. The van der Waals surface area contributed by atoms with E-state index in [1.807, 2.05) is 0 Å². The topological polar surface area (TPSA) is 15.3 Å². The van der Waals surface area contributed by atoms with Gasteiger partial charge >= 0.3 is 6.18 Å². The highest BCUT2D eigenvalue weighted by Crippen LogP contribution is 2.39. The van der Waals surface area contributed by atoms with E-state index in [1.54, 1.807) is 0 Å². The Hall–Kier alpha value is -1.14. The Bertz CT molecular complexity index is 439. The fourth-order valence-corrected chi connectivity index (χ4v) is 2.47. The van der Waals surface area contributed by atoms with E-state index in [-0.39, 0.29) is 5.56 Å². The Morgan fingerprint density at radius 2 is 1.84 bits per heavy atom. The van der Waals surface area contributed by atoms with E-state index in [2.05, 4.69) is 5.32 Å². The predicted octanol–water partition coefficient (Wildman–Crippen LogP) is 2.64. The number of benzene rings is 1. The monoisotopic (exact) mass is 276 g/mol. The number of halogens is 4. The molecule has 1 aromatic carbocycles. The molecular weight excluding hydrogens is 260 g/mol. The highest BCUT2D eigenvalue weighted by atomic mass is 19.4. The molecule has 0 amide bonds. The lowest BCUT2D eigenvalue weighted by Crippen LogP contribution is -2.49. The smallest absolute Gasteiger partial charge is 0.314 e. The van der Waals surface area contributed by atoms with E-state index in [9.17, 15) is 17.6 Å². The maximum absolute atomic E-state index is 13.3. The second-order valence-corrected chi connectivity index (χ2v) is 4.73. The molecule has 0 unspecified atom stereocenters. The molecular formula is C13H16F4N2. The van der Waals surface area contributed by atoms with E-state index < -0.39 is 18.0 Å². The molecule has 0 aliphatic carbocycles. The van der Waals surface area contributed by atoms with Gasteiger partial charge in [0, 0.05) is 26.2 Å². The number of piperazine rings is 1. The van der Waals surface area contributed by atoms with Crippen molar-refractivity contribution in [3.63, 3.8) is 0 Å². The van der Waals surface area contributed by atoms with Gasteiger partial charge in [-0.2, -0.15) is 13.2 Å². The van der Waals surface area contributed by atoms with Crippen LogP contribution in [0.2, 0.25) is 0 Å². The van der Waals surface area contributed by atoms with Crippen molar-refractivity contribution in [3.8, 4) is 0 Å². The number of rotatable bonds is 2. The van der Waals surface area contributed by atoms with Crippen LogP contribution < -0.4 is 5.32 Å². The summed E-state index contributed by atoms with van der Waals surface area (Å²) in [5, 5.41) is 3.03. The third-order valence-electron chi connectivity index (χ3n) is 3.35. The zero-order chi connectivity index (χ0) is 14.0. The van der Waals surface area contributed by atoms with Gasteiger partial charge in [-0.15, -0.1) is 0 Å². The van der Waals surface area contributed by atoms with E-state index in [0.29, 0.717) is 31.7 Å². The lowest BCUT2D eigenvalue weighted by molar-refractivity contribution is -0.188. The minimum atomic E-state index is -4.36. The highest BCUT2D eigenvalue weighted by Gasteiger charge is 2.45. The Kier molecular flexibility index (Phi) is 4.10. The molecule has 106 valence electrons. The Morgan fingerprint density at radius 3 is 2.37 bits per heavy atom. The molecule has 1 aromatic rings. The average molecular weight is 276 g/mol. The van der Waals surface area contributed by atoms with Gasteiger partial charge in [0.2, 0.25) is 0 Å². The zero-order valence-corrected chi connectivity index (χ0v) is 10.6. The summed E-state index contributed by atoms with van der Waals surface area (Å²) < 4.78 is 53.0. The summed E-state index contributed by atoms with van der Waals surface area (Å²) in [6.45, 7) is 3.25. The van der Waals surface area contributed by atoms with Crippen molar-refractivity contribution >= 4 is 0 Å². The normalized spacial score (nSPS) is 19.4. The van der Waals surface area contributed by atoms with Crippen LogP contribution in [0.1, 0.15) is 17.2 Å². The first-order valence-electron chi connectivity index (χ1n) is 6.17. The van der Waals surface area contributed by atoms with Crippen molar-refractivity contribution in [2.45, 2.75) is 19.1 Å². The summed E-state index contributed by atoms with van der Waals surface area (Å²) in [5.41, 5.74) is 0.469. The first-order chi connectivity index (χ1) is 8.89. The molecule has 19 heavy (non-hydrogen) atoms. The number of nitrogens with one attached hydrogen (secondary N) is 1. The maximum atomic E-state index is 13.3. The number of nitrogens with zero attached hydrogens (tertiary/aromatic N) is 1. The van der Waals surface area contributed by atoms with Crippen molar-refractivity contribution in [2.75, 3.05) is 26.2 Å². The summed E-state index contributed by atoms with van der Waals surface area (Å²) >= 11 is 0. The molecule has 0 bridgehead atoms. The molecule has 1 N–H and O–H groups in total. The number of aryl methyl sites for hydroxylation is 1. The van der Waals surface area contributed by atoms with Gasteiger partial charge in [-0.3, -0.25) is 4.90 Å². The van der Waals surface area contributed by atoms with Crippen molar-refractivity contribution in [1.82, 2.24) is 10.2 Å². The van der Waals surface area contributed by atoms with Gasteiger partial charge in [0.15, 0.2) is 0 Å². The minimum absolute atomic E-state index is 0.135. The fourth-order valence-electron chi connectivity index (χ4n) is 2.47. The predicted molar refractivity (Wildman–Crippen MR) is 64.4 cm³/mol. The number of alkyl halides is 3. The van der Waals surface area contributed by atoms with Gasteiger partial charge in [-0.1, -0.05) is 6.07 Å². The van der Waals surface area contributed by atoms with Crippen molar-refractivity contribution in [2.24, 2.45) is 0 Å². The summed E-state index contributed by atoms with van der Waals surface area (Å²) in [6, 6.07) is 1.82. The van der Waals surface area contributed by atoms with Crippen molar-refractivity contribution < 1.29 is 17.6 Å². The molecule has 0 saturated carbocycles. The molecule has 0 radical (unpaired) electrons. The van der Waals surface area contributed by atoms with Crippen LogP contribution in [-0.2, 0) is 0 Å². The van der Waals surface area contributed by atoms with Crippen LogP contribution in [0.3, 0.4) is 0 Å². The zero-order valence-electron chi connectivity index (χ0n) is 10.6. The van der Waals surface area contributed by atoms with Crippen LogP contribution in [0.4, 0.5) is 17.6 Å². The SMILES string of the molecule is Cc1cc(F)ccc1[C@H](N1CCNCC1)C(F)(F)F. The highest BCUT2D eigenvalue weighted by molar-refractivity contribution is 5.30. The third-order valence-corrected chi connectivity index (χ3v) is 3.35. The molecule has 0 aromatic heterocycles. The van der Waals surface area contributed by atoms with Gasteiger partial charge in [0.1, 0.15) is 11.9 Å². The van der Waals surface area contributed by atoms with Crippen LogP contribution >= 0.6 is 0 Å². The molecule has 1 aliphatic rings. The molecule has 1 atom stereocenters. The Morgan fingerprint density at radius 1 is 1.21 bits per heavy atom. The molecule has 1 fully saturated rings. The van der Waals surface area contributed by atoms with Gasteiger partial charge in [-0.25, -0.2) is 4.39 Å². The fraction of sp³-hybridized carbons (Fsp3) is 0.538. The van der Waals surface area contributed by atoms with Gasteiger partial charge < -0.3 is 5.32 Å². The minimum Gasteiger partial charge on any atom is -0.314 e. The molecule has 6 heteroatoms. The summed E-state index contributed by atoms with van der Waals surface area (Å²) in [6.07, 6.45) is -4.36. The quantitative estimate of drug-likeness (QED) is 0.835. The van der Waals surface area contributed by atoms with Gasteiger partial charge in [-0.05, 0) is 30.2 Å². The van der Waals surface area contributed by atoms with E-state index in [1.165, 1.54) is 17.9 Å². The van der Waals surface area contributed by atoms with E-state index in [4.69, 9.17) is 0 Å². The van der Waals surface area contributed by atoms with Crippen LogP contribution in [0, 0.1) is 12.7 Å². The average Bonchev–Trinajstić information content (AvgIpc) is 2.32. The standard InChI is InChI=1S/C13H16F4N2/c1-9-8-10(14)2-3-11(9)12(13(15,16)17)19-6-4-18-5-7-19/h2-3,8,12,18H,4-7H2,1H3/t12-/m0/s1. The van der Waals surface area contributed by atoms with E-state index in [0.717, 1.165) is 12.1 Å². The first-order valence-corrected chi connectivity index (χ1v) is 6.17. The van der Waals surface area contributed by atoms with Crippen LogP contribution in [0.15, 0.2) is 18.2 Å². The molecule has 0 spiro atoms. The lowest BCUT2D eigenvalue weighted by Gasteiger charge is -2.36. The van der Waals surface area contributed by atoms with E-state index >= 15 is 0 Å². The summed E-state index contributed by atoms with van der Waals surface area (Å²) in [7, 11) is 0. The van der Waals surface area contributed by atoms with Crippen molar-refractivity contribution in [3.05, 3.63) is 35.1 Å².